The molecule has 1 amide bonds. The number of carboxylic acid groups (broad SMARTS) is 1. The van der Waals surface area contributed by atoms with Crippen LogP contribution in [0.4, 0.5) is 0 Å². The minimum Gasteiger partial charge on any atom is -0.481 e. The summed E-state index contributed by atoms with van der Waals surface area (Å²) in [5.74, 6) is -0.406. The maximum atomic E-state index is 12.6. The van der Waals surface area contributed by atoms with Crippen LogP contribution in [0.3, 0.4) is 0 Å². The molecule has 0 heterocycles. The lowest BCUT2D eigenvalue weighted by Gasteiger charge is -2.33. The van der Waals surface area contributed by atoms with Crippen molar-refractivity contribution in [2.24, 2.45) is 29.6 Å². The van der Waals surface area contributed by atoms with E-state index < -0.39 is 11.9 Å². The van der Waals surface area contributed by atoms with Crippen LogP contribution < -0.4 is 5.32 Å². The van der Waals surface area contributed by atoms with Gasteiger partial charge in [-0.15, -0.1) is 0 Å². The molecule has 4 heteroatoms. The highest BCUT2D eigenvalue weighted by molar-refractivity contribution is 5.86. The molecule has 0 unspecified atom stereocenters. The van der Waals surface area contributed by atoms with Crippen molar-refractivity contribution >= 4 is 11.9 Å². The summed E-state index contributed by atoms with van der Waals surface area (Å²) in [6, 6.07) is 0.254. The van der Waals surface area contributed by atoms with Crippen LogP contribution in [-0.2, 0) is 9.59 Å². The van der Waals surface area contributed by atoms with E-state index in [1.165, 1.54) is 19.3 Å². The first-order chi connectivity index (χ1) is 9.58. The number of rotatable bonds is 3. The van der Waals surface area contributed by atoms with Gasteiger partial charge >= 0.3 is 5.97 Å². The molecule has 112 valence electrons. The Morgan fingerprint density at radius 2 is 1.65 bits per heavy atom. The topological polar surface area (TPSA) is 66.4 Å². The highest BCUT2D eigenvalue weighted by Gasteiger charge is 2.54. The molecule has 3 fully saturated rings. The fourth-order valence-corrected chi connectivity index (χ4v) is 4.83. The predicted molar refractivity (Wildman–Crippen MR) is 75.0 cm³/mol. The Bertz CT molecular complexity index is 409. The van der Waals surface area contributed by atoms with Gasteiger partial charge in [-0.25, -0.2) is 0 Å². The standard InChI is InChI=1S/C16H25NO3/c1-9-4-2-3-5-12(9)17-15(18)13-10-6-7-11(8-10)14(13)16(19)20/h9-14H,2-8H2,1H3,(H,17,18)(H,19,20)/t9-,10+,11+,12+,13-,14+/m1/s1. The second-order valence-electron chi connectivity index (χ2n) is 7.10. The summed E-state index contributed by atoms with van der Waals surface area (Å²) in [6.07, 6.45) is 7.61. The Morgan fingerprint density at radius 3 is 2.30 bits per heavy atom. The van der Waals surface area contributed by atoms with Crippen LogP contribution in [0.15, 0.2) is 0 Å². The van der Waals surface area contributed by atoms with E-state index in [2.05, 4.69) is 12.2 Å². The maximum absolute atomic E-state index is 12.6. The Labute approximate surface area is 120 Å². The summed E-state index contributed by atoms with van der Waals surface area (Å²) in [5.41, 5.74) is 0. The molecule has 0 aromatic rings. The zero-order valence-electron chi connectivity index (χ0n) is 12.2. The Balaban J connectivity index is 1.68. The second-order valence-corrected chi connectivity index (χ2v) is 7.10. The number of carboxylic acids is 1. The third-order valence-corrected chi connectivity index (χ3v) is 5.94. The number of hydrogen-bond acceptors (Lipinski definition) is 2. The van der Waals surface area contributed by atoms with E-state index in [-0.39, 0.29) is 23.8 Å². The fraction of sp³-hybridized carbons (Fsp3) is 0.875. The molecule has 3 rings (SSSR count). The molecule has 0 saturated heterocycles. The zero-order valence-corrected chi connectivity index (χ0v) is 12.2. The van der Waals surface area contributed by atoms with Gasteiger partial charge in [0.25, 0.3) is 0 Å². The van der Waals surface area contributed by atoms with Crippen molar-refractivity contribution in [1.82, 2.24) is 5.32 Å². The van der Waals surface area contributed by atoms with Gasteiger partial charge in [0.15, 0.2) is 0 Å². The quantitative estimate of drug-likeness (QED) is 0.834. The van der Waals surface area contributed by atoms with Gasteiger partial charge in [-0.1, -0.05) is 19.8 Å². The van der Waals surface area contributed by atoms with Crippen molar-refractivity contribution in [3.05, 3.63) is 0 Å². The van der Waals surface area contributed by atoms with Crippen molar-refractivity contribution in [2.45, 2.75) is 57.9 Å². The number of amides is 1. The van der Waals surface area contributed by atoms with Crippen molar-refractivity contribution in [3.8, 4) is 0 Å². The van der Waals surface area contributed by atoms with Gasteiger partial charge in [-0.05, 0) is 49.9 Å². The molecule has 2 bridgehead atoms. The van der Waals surface area contributed by atoms with Crippen molar-refractivity contribution in [2.75, 3.05) is 0 Å². The molecule has 0 aromatic heterocycles. The molecule has 3 aliphatic rings. The van der Waals surface area contributed by atoms with Gasteiger partial charge in [0, 0.05) is 6.04 Å². The van der Waals surface area contributed by atoms with Crippen molar-refractivity contribution in [1.29, 1.82) is 0 Å². The molecule has 0 aliphatic heterocycles. The fourth-order valence-electron chi connectivity index (χ4n) is 4.83. The van der Waals surface area contributed by atoms with E-state index in [1.807, 2.05) is 0 Å². The normalized spacial score (nSPS) is 43.5. The third kappa shape index (κ3) is 2.33. The monoisotopic (exact) mass is 279 g/mol. The Morgan fingerprint density at radius 1 is 1.00 bits per heavy atom. The lowest BCUT2D eigenvalue weighted by atomic mass is 9.78. The van der Waals surface area contributed by atoms with E-state index in [0.717, 1.165) is 25.7 Å². The molecular weight excluding hydrogens is 254 g/mol. The van der Waals surface area contributed by atoms with E-state index in [4.69, 9.17) is 0 Å². The van der Waals surface area contributed by atoms with E-state index in [9.17, 15) is 14.7 Å². The molecule has 0 spiro atoms. The molecule has 3 aliphatic carbocycles. The maximum Gasteiger partial charge on any atom is 0.307 e. The predicted octanol–water partition coefficient (Wildman–Crippen LogP) is 2.43. The highest BCUT2D eigenvalue weighted by Crippen LogP contribution is 2.52. The summed E-state index contributed by atoms with van der Waals surface area (Å²) < 4.78 is 0. The van der Waals surface area contributed by atoms with Crippen LogP contribution in [0.2, 0.25) is 0 Å². The van der Waals surface area contributed by atoms with Gasteiger partial charge in [-0.3, -0.25) is 9.59 Å². The SMILES string of the molecule is C[C@@H]1CCCC[C@@H]1NC(=O)[C@@H]1[C@H]2CC[C@@H](C2)[C@@H]1C(=O)O. The number of fused-ring (bicyclic) bond motifs is 2. The lowest BCUT2D eigenvalue weighted by Crippen LogP contribution is -2.47. The molecule has 20 heavy (non-hydrogen) atoms. The highest BCUT2D eigenvalue weighted by atomic mass is 16.4. The van der Waals surface area contributed by atoms with Crippen LogP contribution in [0, 0.1) is 29.6 Å². The first kappa shape index (κ1) is 13.9. The number of carbonyl (C=O) groups excluding carboxylic acids is 1. The van der Waals surface area contributed by atoms with Crippen molar-refractivity contribution < 1.29 is 14.7 Å². The van der Waals surface area contributed by atoms with Gasteiger partial charge in [-0.2, -0.15) is 0 Å². The Kier molecular flexibility index (Phi) is 3.74. The number of hydrogen-bond donors (Lipinski definition) is 2. The van der Waals surface area contributed by atoms with Gasteiger partial charge in [0.05, 0.1) is 11.8 Å². The minimum absolute atomic E-state index is 0.0170. The Hall–Kier alpha value is -1.06. The lowest BCUT2D eigenvalue weighted by molar-refractivity contribution is -0.149. The van der Waals surface area contributed by atoms with E-state index in [1.54, 1.807) is 0 Å². The zero-order chi connectivity index (χ0) is 14.3. The van der Waals surface area contributed by atoms with Crippen molar-refractivity contribution in [3.63, 3.8) is 0 Å². The summed E-state index contributed by atoms with van der Waals surface area (Å²) in [7, 11) is 0. The molecule has 6 atom stereocenters. The summed E-state index contributed by atoms with van der Waals surface area (Å²) in [6.45, 7) is 2.19. The number of aliphatic carboxylic acids is 1. The van der Waals surface area contributed by atoms with E-state index in [0.29, 0.717) is 11.8 Å². The first-order valence-electron chi connectivity index (χ1n) is 8.11. The van der Waals surface area contributed by atoms with Gasteiger partial charge in [0.1, 0.15) is 0 Å². The molecular formula is C16H25NO3. The average molecular weight is 279 g/mol. The van der Waals surface area contributed by atoms with Crippen LogP contribution >= 0.6 is 0 Å². The smallest absolute Gasteiger partial charge is 0.307 e. The summed E-state index contributed by atoms with van der Waals surface area (Å²) in [4.78, 5) is 24.1. The molecule has 2 N–H and O–H groups in total. The molecule has 0 aromatic carbocycles. The minimum atomic E-state index is -0.769. The average Bonchev–Trinajstić information content (AvgIpc) is 3.01. The number of carbonyl (C=O) groups is 2. The van der Waals surface area contributed by atoms with E-state index >= 15 is 0 Å². The van der Waals surface area contributed by atoms with Crippen LogP contribution in [0.5, 0.6) is 0 Å². The van der Waals surface area contributed by atoms with Crippen LogP contribution in [0.1, 0.15) is 51.9 Å². The molecule has 0 radical (unpaired) electrons. The van der Waals surface area contributed by atoms with Crippen LogP contribution in [0.25, 0.3) is 0 Å². The van der Waals surface area contributed by atoms with Gasteiger partial charge in [0.2, 0.25) is 5.91 Å². The summed E-state index contributed by atoms with van der Waals surface area (Å²) in [5, 5.41) is 12.6. The first-order valence-corrected chi connectivity index (χ1v) is 8.11. The van der Waals surface area contributed by atoms with Gasteiger partial charge < -0.3 is 10.4 Å². The summed E-state index contributed by atoms with van der Waals surface area (Å²) >= 11 is 0. The number of nitrogens with one attached hydrogen (secondary N) is 1. The molecule has 3 saturated carbocycles. The van der Waals surface area contributed by atoms with Crippen LogP contribution in [-0.4, -0.2) is 23.0 Å². The molecule has 4 nitrogen and oxygen atoms in total. The second kappa shape index (κ2) is 5.38. The largest absolute Gasteiger partial charge is 0.481 e. The third-order valence-electron chi connectivity index (χ3n) is 5.94.